The molecule has 1 N–H and O–H groups in total. The minimum absolute atomic E-state index is 0.171. The summed E-state index contributed by atoms with van der Waals surface area (Å²) in [5, 5.41) is 3.96. The van der Waals surface area contributed by atoms with Crippen LogP contribution in [0.5, 0.6) is 11.5 Å². The Bertz CT molecular complexity index is 1130. The summed E-state index contributed by atoms with van der Waals surface area (Å²) in [5.41, 5.74) is 5.18. The molecule has 0 bridgehead atoms. The fourth-order valence-corrected chi connectivity index (χ4v) is 3.12. The largest absolute Gasteiger partial charge is 0.483 e. The monoisotopic (exact) mass is 480 g/mol. The highest BCUT2D eigenvalue weighted by atomic mass is 79.9. The maximum atomic E-state index is 12.5. The molecule has 3 aromatic carbocycles. The molecule has 0 fully saturated rings. The molecule has 1 amide bonds. The lowest BCUT2D eigenvalue weighted by molar-refractivity contribution is -0.123. The van der Waals surface area contributed by atoms with E-state index in [1.165, 1.54) is 6.21 Å². The van der Waals surface area contributed by atoms with Crippen LogP contribution in [0.2, 0.25) is 0 Å². The van der Waals surface area contributed by atoms with E-state index in [1.807, 2.05) is 44.2 Å². The number of nitrogens with one attached hydrogen (secondary N) is 1. The highest BCUT2D eigenvalue weighted by Gasteiger charge is 2.13. The van der Waals surface area contributed by atoms with E-state index in [1.54, 1.807) is 36.4 Å². The summed E-state index contributed by atoms with van der Waals surface area (Å²) in [6, 6.07) is 19.8. The van der Waals surface area contributed by atoms with Gasteiger partial charge in [-0.05, 0) is 55.3 Å². The normalized spacial score (nSPS) is 10.7. The van der Waals surface area contributed by atoms with E-state index in [-0.39, 0.29) is 6.61 Å². The number of hydrogen-bond acceptors (Lipinski definition) is 5. The molecule has 0 saturated heterocycles. The number of halogens is 1. The van der Waals surface area contributed by atoms with Gasteiger partial charge in [-0.2, -0.15) is 5.10 Å². The summed E-state index contributed by atoms with van der Waals surface area (Å²) in [5.74, 6) is 0.0864. The number of amides is 1. The van der Waals surface area contributed by atoms with Crippen LogP contribution < -0.4 is 14.9 Å². The van der Waals surface area contributed by atoms with Crippen molar-refractivity contribution in [2.75, 3.05) is 6.61 Å². The smallest absolute Gasteiger partial charge is 0.343 e. The van der Waals surface area contributed by atoms with Crippen molar-refractivity contribution in [1.82, 2.24) is 5.43 Å². The van der Waals surface area contributed by atoms with Gasteiger partial charge in [-0.3, -0.25) is 4.79 Å². The van der Waals surface area contributed by atoms with Gasteiger partial charge in [-0.25, -0.2) is 10.2 Å². The lowest BCUT2D eigenvalue weighted by Crippen LogP contribution is -2.24. The molecular weight excluding hydrogens is 460 g/mol. The highest BCUT2D eigenvalue weighted by Crippen LogP contribution is 2.23. The van der Waals surface area contributed by atoms with Crippen LogP contribution in [0, 0.1) is 13.8 Å². The fraction of sp³-hybridized carbons (Fsp3) is 0.125. The molecule has 0 spiro atoms. The summed E-state index contributed by atoms with van der Waals surface area (Å²) < 4.78 is 11.8. The second-order valence-corrected chi connectivity index (χ2v) is 7.65. The number of esters is 1. The molecule has 0 aliphatic heterocycles. The zero-order valence-corrected chi connectivity index (χ0v) is 18.7. The van der Waals surface area contributed by atoms with Gasteiger partial charge in [0.15, 0.2) is 6.61 Å². The molecule has 0 unspecified atom stereocenters. The standard InChI is InChI=1S/C24H21BrN2O4/c1-16-7-3-5-9-20(16)24(29)31-22-12-11-19(25)13-18(22)14-26-27-23(28)15-30-21-10-6-4-8-17(21)2/h3-14H,15H2,1-2H3,(H,27,28)/b26-14+. The fourth-order valence-electron chi connectivity index (χ4n) is 2.74. The maximum absolute atomic E-state index is 12.5. The predicted molar refractivity (Wildman–Crippen MR) is 123 cm³/mol. The maximum Gasteiger partial charge on any atom is 0.343 e. The molecular formula is C24H21BrN2O4. The molecule has 3 aromatic rings. The van der Waals surface area contributed by atoms with Crippen LogP contribution in [0.25, 0.3) is 0 Å². The second-order valence-electron chi connectivity index (χ2n) is 6.73. The number of nitrogens with zero attached hydrogens (tertiary/aromatic N) is 1. The lowest BCUT2D eigenvalue weighted by Gasteiger charge is -2.10. The van der Waals surface area contributed by atoms with E-state index in [0.717, 1.165) is 15.6 Å². The second kappa shape index (κ2) is 10.5. The van der Waals surface area contributed by atoms with E-state index >= 15 is 0 Å². The first-order valence-corrected chi connectivity index (χ1v) is 10.3. The van der Waals surface area contributed by atoms with Crippen LogP contribution in [0.3, 0.4) is 0 Å². The minimum Gasteiger partial charge on any atom is -0.483 e. The van der Waals surface area contributed by atoms with Crippen LogP contribution in [0.4, 0.5) is 0 Å². The van der Waals surface area contributed by atoms with Gasteiger partial charge in [-0.15, -0.1) is 0 Å². The Balaban J connectivity index is 1.64. The summed E-state index contributed by atoms with van der Waals surface area (Å²) in [7, 11) is 0. The Hall–Kier alpha value is -3.45. The van der Waals surface area contributed by atoms with Crippen LogP contribution >= 0.6 is 15.9 Å². The summed E-state index contributed by atoms with van der Waals surface area (Å²) in [6.07, 6.45) is 1.41. The predicted octanol–water partition coefficient (Wildman–Crippen LogP) is 4.81. The SMILES string of the molecule is Cc1ccccc1OCC(=O)N/N=C/c1cc(Br)ccc1OC(=O)c1ccccc1C. The number of carbonyl (C=O) groups excluding carboxylic acids is 2. The quantitative estimate of drug-likeness (QED) is 0.227. The van der Waals surface area contributed by atoms with Gasteiger partial charge in [0.2, 0.25) is 0 Å². The van der Waals surface area contributed by atoms with E-state index in [0.29, 0.717) is 22.6 Å². The third-order valence-electron chi connectivity index (χ3n) is 4.38. The van der Waals surface area contributed by atoms with Crippen LogP contribution in [0.1, 0.15) is 27.0 Å². The van der Waals surface area contributed by atoms with E-state index in [9.17, 15) is 9.59 Å². The number of benzene rings is 3. The number of aryl methyl sites for hydroxylation is 2. The molecule has 0 aliphatic carbocycles. The zero-order valence-electron chi connectivity index (χ0n) is 17.1. The first kappa shape index (κ1) is 22.2. The molecule has 0 heterocycles. The average Bonchev–Trinajstić information content (AvgIpc) is 2.75. The van der Waals surface area contributed by atoms with Gasteiger partial charge in [0.25, 0.3) is 5.91 Å². The Morgan fingerprint density at radius 1 is 0.968 bits per heavy atom. The number of carbonyl (C=O) groups is 2. The lowest BCUT2D eigenvalue weighted by atomic mass is 10.1. The van der Waals surface area contributed by atoms with Gasteiger partial charge in [-0.1, -0.05) is 52.3 Å². The number of rotatable bonds is 7. The topological polar surface area (TPSA) is 77.0 Å². The summed E-state index contributed by atoms with van der Waals surface area (Å²) in [6.45, 7) is 3.57. The van der Waals surface area contributed by atoms with Gasteiger partial charge >= 0.3 is 5.97 Å². The first-order valence-electron chi connectivity index (χ1n) is 9.52. The van der Waals surface area contributed by atoms with E-state index in [2.05, 4.69) is 26.5 Å². The van der Waals surface area contributed by atoms with E-state index in [4.69, 9.17) is 9.47 Å². The van der Waals surface area contributed by atoms with Crippen molar-refractivity contribution >= 4 is 34.0 Å². The van der Waals surface area contributed by atoms with Crippen molar-refractivity contribution in [3.8, 4) is 11.5 Å². The Labute approximate surface area is 189 Å². The molecule has 0 radical (unpaired) electrons. The van der Waals surface area contributed by atoms with Crippen molar-refractivity contribution in [2.45, 2.75) is 13.8 Å². The van der Waals surface area contributed by atoms with Crippen molar-refractivity contribution in [3.63, 3.8) is 0 Å². The molecule has 31 heavy (non-hydrogen) atoms. The van der Waals surface area contributed by atoms with Crippen LogP contribution in [-0.2, 0) is 4.79 Å². The third kappa shape index (κ3) is 6.26. The number of para-hydroxylation sites is 1. The van der Waals surface area contributed by atoms with Gasteiger partial charge in [0, 0.05) is 10.0 Å². The van der Waals surface area contributed by atoms with E-state index < -0.39 is 11.9 Å². The number of ether oxygens (including phenoxy) is 2. The molecule has 0 saturated carbocycles. The van der Waals surface area contributed by atoms with Crippen molar-refractivity contribution in [3.05, 3.63) is 93.5 Å². The van der Waals surface area contributed by atoms with Gasteiger partial charge < -0.3 is 9.47 Å². The Morgan fingerprint density at radius 3 is 2.42 bits per heavy atom. The highest BCUT2D eigenvalue weighted by molar-refractivity contribution is 9.10. The van der Waals surface area contributed by atoms with Crippen LogP contribution in [0.15, 0.2) is 76.3 Å². The first-order chi connectivity index (χ1) is 14.9. The molecule has 0 atom stereocenters. The Morgan fingerprint density at radius 2 is 1.68 bits per heavy atom. The molecule has 6 nitrogen and oxygen atoms in total. The van der Waals surface area contributed by atoms with Crippen molar-refractivity contribution < 1.29 is 19.1 Å². The average molecular weight is 481 g/mol. The molecule has 0 aliphatic rings. The molecule has 158 valence electrons. The Kier molecular flexibility index (Phi) is 7.56. The van der Waals surface area contributed by atoms with Crippen LogP contribution in [-0.4, -0.2) is 24.7 Å². The minimum atomic E-state index is -0.467. The summed E-state index contributed by atoms with van der Waals surface area (Å²) >= 11 is 3.39. The van der Waals surface area contributed by atoms with Gasteiger partial charge in [0.05, 0.1) is 11.8 Å². The third-order valence-corrected chi connectivity index (χ3v) is 4.88. The molecule has 7 heteroatoms. The number of hydrogen-bond donors (Lipinski definition) is 1. The van der Waals surface area contributed by atoms with Crippen molar-refractivity contribution in [2.24, 2.45) is 5.10 Å². The number of hydrazone groups is 1. The van der Waals surface area contributed by atoms with Gasteiger partial charge in [0.1, 0.15) is 11.5 Å². The zero-order chi connectivity index (χ0) is 22.2. The molecule has 3 rings (SSSR count). The summed E-state index contributed by atoms with van der Waals surface area (Å²) in [4.78, 5) is 24.6. The molecule has 0 aromatic heterocycles. The van der Waals surface area contributed by atoms with Crippen molar-refractivity contribution in [1.29, 1.82) is 0 Å².